The minimum Gasteiger partial charge on any atom is -0.422 e. The molecule has 0 aromatic heterocycles. The van der Waals surface area contributed by atoms with Crippen LogP contribution in [0.4, 0.5) is 0 Å². The van der Waals surface area contributed by atoms with E-state index in [-0.39, 0.29) is 11.5 Å². The van der Waals surface area contributed by atoms with E-state index >= 15 is 0 Å². The van der Waals surface area contributed by atoms with Crippen molar-refractivity contribution in [2.45, 2.75) is 13.8 Å². The highest BCUT2D eigenvalue weighted by Gasteiger charge is 2.18. The van der Waals surface area contributed by atoms with Crippen LogP contribution < -0.4 is 4.74 Å². The number of carbonyl (C=O) groups is 2. The highest BCUT2D eigenvalue weighted by atomic mass is 35.5. The lowest BCUT2D eigenvalue weighted by Gasteiger charge is -2.11. The summed E-state index contributed by atoms with van der Waals surface area (Å²) in [6, 6.07) is 18.9. The molecule has 130 valence electrons. The molecule has 0 saturated carbocycles. The number of ketones is 1. The maximum atomic E-state index is 12.9. The van der Waals surface area contributed by atoms with E-state index in [1.807, 2.05) is 26.0 Å². The van der Waals surface area contributed by atoms with Crippen molar-refractivity contribution >= 4 is 23.4 Å². The van der Waals surface area contributed by atoms with E-state index in [1.165, 1.54) is 0 Å². The summed E-state index contributed by atoms with van der Waals surface area (Å²) in [6.45, 7) is 3.84. The molecular weight excluding hydrogens is 348 g/mol. The van der Waals surface area contributed by atoms with Crippen LogP contribution in [0.25, 0.3) is 0 Å². The molecule has 3 aromatic rings. The van der Waals surface area contributed by atoms with Crippen molar-refractivity contribution in [2.75, 3.05) is 0 Å². The fourth-order valence-electron chi connectivity index (χ4n) is 2.52. The molecule has 0 unspecified atom stereocenters. The van der Waals surface area contributed by atoms with Crippen molar-refractivity contribution in [3.8, 4) is 5.75 Å². The average molecular weight is 365 g/mol. The van der Waals surface area contributed by atoms with Gasteiger partial charge < -0.3 is 4.74 Å². The van der Waals surface area contributed by atoms with Gasteiger partial charge in [-0.25, -0.2) is 4.79 Å². The Balaban J connectivity index is 1.93. The van der Waals surface area contributed by atoms with Crippen LogP contribution >= 0.6 is 11.6 Å². The number of hydrogen-bond acceptors (Lipinski definition) is 3. The molecule has 0 aliphatic rings. The Hall–Kier alpha value is -2.91. The maximum absolute atomic E-state index is 12.9. The summed E-state index contributed by atoms with van der Waals surface area (Å²) in [5.74, 6) is -0.489. The second-order valence-electron chi connectivity index (χ2n) is 6.09. The third-order valence-electron chi connectivity index (χ3n) is 3.98. The van der Waals surface area contributed by atoms with Crippen LogP contribution in [0.2, 0.25) is 5.02 Å². The number of aryl methyl sites for hydroxylation is 2. The van der Waals surface area contributed by atoms with Gasteiger partial charge in [0.2, 0.25) is 0 Å². The van der Waals surface area contributed by atoms with Gasteiger partial charge in [-0.2, -0.15) is 0 Å². The average Bonchev–Trinajstić information content (AvgIpc) is 2.63. The van der Waals surface area contributed by atoms with Crippen molar-refractivity contribution in [3.05, 3.63) is 99.6 Å². The van der Waals surface area contributed by atoms with Crippen LogP contribution in [0.1, 0.15) is 37.4 Å². The van der Waals surface area contributed by atoms with Gasteiger partial charge in [0.05, 0.1) is 11.1 Å². The van der Waals surface area contributed by atoms with Crippen LogP contribution in [0.3, 0.4) is 0 Å². The van der Waals surface area contributed by atoms with Gasteiger partial charge in [-0.05, 0) is 50.2 Å². The predicted octanol–water partition coefficient (Wildman–Crippen LogP) is 5.41. The largest absolute Gasteiger partial charge is 0.422 e. The van der Waals surface area contributed by atoms with E-state index in [0.29, 0.717) is 21.7 Å². The first-order valence-corrected chi connectivity index (χ1v) is 8.51. The Morgan fingerprint density at radius 3 is 2.00 bits per heavy atom. The normalized spacial score (nSPS) is 10.4. The zero-order valence-electron chi connectivity index (χ0n) is 14.5. The molecule has 0 N–H and O–H groups in total. The Labute approximate surface area is 157 Å². The van der Waals surface area contributed by atoms with Gasteiger partial charge in [0.25, 0.3) is 0 Å². The zero-order chi connectivity index (χ0) is 18.7. The van der Waals surface area contributed by atoms with E-state index in [9.17, 15) is 9.59 Å². The summed E-state index contributed by atoms with van der Waals surface area (Å²) in [5, 5.41) is 0.534. The van der Waals surface area contributed by atoms with E-state index in [0.717, 1.165) is 11.1 Å². The Morgan fingerprint density at radius 1 is 0.769 bits per heavy atom. The van der Waals surface area contributed by atoms with E-state index in [2.05, 4.69) is 0 Å². The van der Waals surface area contributed by atoms with Gasteiger partial charge in [-0.3, -0.25) is 4.79 Å². The lowest BCUT2D eigenvalue weighted by molar-refractivity contribution is 0.0733. The molecule has 3 aromatic carbocycles. The molecule has 0 bridgehead atoms. The van der Waals surface area contributed by atoms with Crippen LogP contribution in [-0.2, 0) is 0 Å². The Bertz CT molecular complexity index is 958. The number of hydrogen-bond donors (Lipinski definition) is 0. The number of ether oxygens (including phenoxy) is 1. The van der Waals surface area contributed by atoms with Crippen molar-refractivity contribution in [1.29, 1.82) is 0 Å². The topological polar surface area (TPSA) is 43.4 Å². The van der Waals surface area contributed by atoms with Gasteiger partial charge in [0.15, 0.2) is 5.78 Å². The maximum Gasteiger partial charge on any atom is 0.343 e. The van der Waals surface area contributed by atoms with Crippen LogP contribution in [0.15, 0.2) is 66.7 Å². The molecule has 0 radical (unpaired) electrons. The van der Waals surface area contributed by atoms with Gasteiger partial charge in [-0.1, -0.05) is 53.1 Å². The molecule has 4 heteroatoms. The standard InChI is InChI=1S/C22H17ClO3/c1-14-3-6-16(7-4-14)21(24)19-13-15(2)5-12-20(19)26-22(25)17-8-10-18(23)11-9-17/h3-13H,1-2H3. The Kier molecular flexibility index (Phi) is 5.19. The lowest BCUT2D eigenvalue weighted by Crippen LogP contribution is -2.12. The molecule has 0 spiro atoms. The van der Waals surface area contributed by atoms with Crippen LogP contribution in [-0.4, -0.2) is 11.8 Å². The summed E-state index contributed by atoms with van der Waals surface area (Å²) in [4.78, 5) is 25.3. The zero-order valence-corrected chi connectivity index (χ0v) is 15.2. The van der Waals surface area contributed by atoms with Crippen molar-refractivity contribution in [1.82, 2.24) is 0 Å². The van der Waals surface area contributed by atoms with Crippen molar-refractivity contribution in [2.24, 2.45) is 0 Å². The number of halogens is 1. The minimum absolute atomic E-state index is 0.187. The molecule has 0 aliphatic carbocycles. The van der Waals surface area contributed by atoms with Gasteiger partial charge in [-0.15, -0.1) is 0 Å². The summed E-state index contributed by atoms with van der Waals surface area (Å²) >= 11 is 5.84. The first-order chi connectivity index (χ1) is 12.4. The Morgan fingerprint density at radius 2 is 1.35 bits per heavy atom. The SMILES string of the molecule is Cc1ccc(C(=O)c2cc(C)ccc2OC(=O)c2ccc(Cl)cc2)cc1. The highest BCUT2D eigenvalue weighted by molar-refractivity contribution is 6.30. The number of carbonyl (C=O) groups excluding carboxylic acids is 2. The number of benzene rings is 3. The van der Waals surface area contributed by atoms with E-state index in [4.69, 9.17) is 16.3 Å². The molecule has 0 amide bonds. The van der Waals surface area contributed by atoms with Crippen molar-refractivity contribution in [3.63, 3.8) is 0 Å². The molecule has 0 heterocycles. The van der Waals surface area contributed by atoms with Crippen LogP contribution in [0.5, 0.6) is 5.75 Å². The predicted molar refractivity (Wildman–Crippen MR) is 102 cm³/mol. The summed E-state index contributed by atoms with van der Waals surface area (Å²) in [6.07, 6.45) is 0. The molecule has 0 saturated heterocycles. The fourth-order valence-corrected chi connectivity index (χ4v) is 2.64. The van der Waals surface area contributed by atoms with Gasteiger partial charge in [0.1, 0.15) is 5.75 Å². The van der Waals surface area contributed by atoms with Gasteiger partial charge >= 0.3 is 5.97 Å². The van der Waals surface area contributed by atoms with E-state index < -0.39 is 5.97 Å². The number of esters is 1. The van der Waals surface area contributed by atoms with Crippen LogP contribution in [0, 0.1) is 13.8 Å². The lowest BCUT2D eigenvalue weighted by atomic mass is 10.00. The summed E-state index contributed by atoms with van der Waals surface area (Å²) in [5.41, 5.74) is 3.25. The smallest absolute Gasteiger partial charge is 0.343 e. The fraction of sp³-hybridized carbons (Fsp3) is 0.0909. The second-order valence-corrected chi connectivity index (χ2v) is 6.53. The third kappa shape index (κ3) is 4.01. The highest BCUT2D eigenvalue weighted by Crippen LogP contribution is 2.25. The minimum atomic E-state index is -0.538. The summed E-state index contributed by atoms with van der Waals surface area (Å²) < 4.78 is 5.49. The van der Waals surface area contributed by atoms with Crippen molar-refractivity contribution < 1.29 is 14.3 Å². The molecule has 26 heavy (non-hydrogen) atoms. The molecule has 0 aliphatic heterocycles. The summed E-state index contributed by atoms with van der Waals surface area (Å²) in [7, 11) is 0. The number of rotatable bonds is 4. The molecule has 0 fully saturated rings. The quantitative estimate of drug-likeness (QED) is 0.353. The molecule has 3 nitrogen and oxygen atoms in total. The van der Waals surface area contributed by atoms with Gasteiger partial charge in [0, 0.05) is 10.6 Å². The molecule has 0 atom stereocenters. The second kappa shape index (κ2) is 7.54. The first kappa shape index (κ1) is 17.9. The third-order valence-corrected chi connectivity index (χ3v) is 4.23. The molecular formula is C22H17ClO3. The monoisotopic (exact) mass is 364 g/mol. The first-order valence-electron chi connectivity index (χ1n) is 8.14. The van der Waals surface area contributed by atoms with E-state index in [1.54, 1.807) is 54.6 Å². The molecule has 3 rings (SSSR count).